The van der Waals surface area contributed by atoms with E-state index in [-0.39, 0.29) is 11.8 Å². The lowest BCUT2D eigenvalue weighted by Gasteiger charge is -2.26. The van der Waals surface area contributed by atoms with Crippen LogP contribution in [0.3, 0.4) is 0 Å². The van der Waals surface area contributed by atoms with Gasteiger partial charge in [0.25, 0.3) is 0 Å². The van der Waals surface area contributed by atoms with Crippen LogP contribution in [0.4, 0.5) is 0 Å². The Balaban J connectivity index is 2.26. The fourth-order valence-corrected chi connectivity index (χ4v) is 3.82. The van der Waals surface area contributed by atoms with Gasteiger partial charge >= 0.3 is 0 Å². The van der Waals surface area contributed by atoms with Gasteiger partial charge in [0.2, 0.25) is 11.8 Å². The van der Waals surface area contributed by atoms with Crippen molar-refractivity contribution in [3.63, 3.8) is 0 Å². The highest BCUT2D eigenvalue weighted by molar-refractivity contribution is 7.19. The zero-order valence-corrected chi connectivity index (χ0v) is 15.5. The maximum Gasteiger partial charge on any atom is 0.235 e. The molecule has 5 heteroatoms. The Kier molecular flexibility index (Phi) is 6.37. The summed E-state index contributed by atoms with van der Waals surface area (Å²) in [4.78, 5) is 26.4. The molecule has 0 unspecified atom stereocenters. The molecule has 2 N–H and O–H groups in total. The molecule has 2 rings (SSSR count). The first-order valence-electron chi connectivity index (χ1n) is 8.55. The summed E-state index contributed by atoms with van der Waals surface area (Å²) in [5.41, 5.74) is -1.09. The summed E-state index contributed by atoms with van der Waals surface area (Å²) in [6.07, 6.45) is 2.11. The number of rotatable bonds is 8. The zero-order valence-electron chi connectivity index (χ0n) is 14.6. The molecule has 0 radical (unpaired) electrons. The van der Waals surface area contributed by atoms with Crippen LogP contribution in [0.2, 0.25) is 0 Å². The molecule has 4 nitrogen and oxygen atoms in total. The van der Waals surface area contributed by atoms with E-state index in [0.29, 0.717) is 19.5 Å². The molecule has 0 fully saturated rings. The van der Waals surface area contributed by atoms with E-state index >= 15 is 0 Å². The summed E-state index contributed by atoms with van der Waals surface area (Å²) in [6.45, 7) is 6.92. The van der Waals surface area contributed by atoms with Crippen molar-refractivity contribution < 1.29 is 9.59 Å². The largest absolute Gasteiger partial charge is 0.355 e. The second kappa shape index (κ2) is 8.29. The highest BCUT2D eigenvalue weighted by Gasteiger charge is 2.41. The third-order valence-electron chi connectivity index (χ3n) is 4.08. The van der Waals surface area contributed by atoms with Gasteiger partial charge in [0.05, 0.1) is 0 Å². The van der Waals surface area contributed by atoms with Crippen molar-refractivity contribution in [1.82, 2.24) is 10.6 Å². The van der Waals surface area contributed by atoms with E-state index in [0.717, 1.165) is 23.1 Å². The molecule has 1 aromatic carbocycles. The molecule has 0 aliphatic carbocycles. The number of fused-ring (bicyclic) bond motifs is 1. The number of hydrogen-bond acceptors (Lipinski definition) is 3. The maximum absolute atomic E-state index is 12.7. The minimum absolute atomic E-state index is 0.199. The van der Waals surface area contributed by atoms with E-state index in [4.69, 9.17) is 0 Å². The van der Waals surface area contributed by atoms with Crippen molar-refractivity contribution >= 4 is 33.2 Å². The number of amides is 2. The van der Waals surface area contributed by atoms with Gasteiger partial charge in [-0.25, -0.2) is 0 Å². The van der Waals surface area contributed by atoms with Crippen LogP contribution in [0.15, 0.2) is 30.3 Å². The number of benzene rings is 1. The Bertz CT molecular complexity index is 655. The highest BCUT2D eigenvalue weighted by Crippen LogP contribution is 2.31. The predicted octanol–water partition coefficient (Wildman–Crippen LogP) is 3.50. The molecule has 1 heterocycles. The number of carbonyl (C=O) groups is 2. The molecule has 1 aromatic heterocycles. The predicted molar refractivity (Wildman–Crippen MR) is 100 cm³/mol. The van der Waals surface area contributed by atoms with Gasteiger partial charge in [-0.2, -0.15) is 0 Å². The Morgan fingerprint density at radius 1 is 1.04 bits per heavy atom. The monoisotopic (exact) mass is 346 g/mol. The minimum atomic E-state index is -1.09. The van der Waals surface area contributed by atoms with Crippen LogP contribution >= 0.6 is 11.3 Å². The van der Waals surface area contributed by atoms with Crippen molar-refractivity contribution in [2.75, 3.05) is 13.1 Å². The van der Waals surface area contributed by atoms with Crippen LogP contribution in [0.1, 0.15) is 38.5 Å². The zero-order chi connectivity index (χ0) is 17.6. The molecule has 0 bridgehead atoms. The molecule has 0 aliphatic rings. The van der Waals surface area contributed by atoms with Gasteiger partial charge in [-0.3, -0.25) is 9.59 Å². The van der Waals surface area contributed by atoms with E-state index < -0.39 is 5.41 Å². The van der Waals surface area contributed by atoms with Gasteiger partial charge in [-0.1, -0.05) is 32.0 Å². The number of hydrogen-bond donors (Lipinski definition) is 2. The van der Waals surface area contributed by atoms with Crippen molar-refractivity contribution in [1.29, 1.82) is 0 Å². The van der Waals surface area contributed by atoms with Gasteiger partial charge in [0, 0.05) is 29.1 Å². The standard InChI is InChI=1S/C19H26N2O2S/c1-4-10-20-17(22)19(3,18(23)21-11-5-2)13-15-12-14-8-6-7-9-16(14)24-15/h6-9,12H,4-5,10-11,13H2,1-3H3,(H,20,22)(H,21,23). The molecular weight excluding hydrogens is 320 g/mol. The fraction of sp³-hybridized carbons (Fsp3) is 0.474. The highest BCUT2D eigenvalue weighted by atomic mass is 32.1. The van der Waals surface area contributed by atoms with Crippen LogP contribution < -0.4 is 10.6 Å². The van der Waals surface area contributed by atoms with E-state index in [1.54, 1.807) is 18.3 Å². The average molecular weight is 346 g/mol. The van der Waals surface area contributed by atoms with Gasteiger partial charge in [-0.15, -0.1) is 11.3 Å². The lowest BCUT2D eigenvalue weighted by molar-refractivity contribution is -0.142. The molecule has 2 aromatic rings. The molecule has 24 heavy (non-hydrogen) atoms. The Labute approximate surface area is 147 Å². The fourth-order valence-electron chi connectivity index (χ4n) is 2.60. The van der Waals surface area contributed by atoms with E-state index in [1.165, 1.54) is 4.70 Å². The molecule has 2 amide bonds. The molecule has 130 valence electrons. The van der Waals surface area contributed by atoms with E-state index in [2.05, 4.69) is 28.8 Å². The van der Waals surface area contributed by atoms with Gasteiger partial charge in [-0.05, 0) is 37.3 Å². The van der Waals surface area contributed by atoms with Crippen LogP contribution in [-0.2, 0) is 16.0 Å². The van der Waals surface area contributed by atoms with Crippen molar-refractivity contribution in [3.8, 4) is 0 Å². The lowest BCUT2D eigenvalue weighted by atomic mass is 9.83. The summed E-state index contributed by atoms with van der Waals surface area (Å²) in [5.74, 6) is -0.397. The van der Waals surface area contributed by atoms with Crippen LogP contribution in [0.25, 0.3) is 10.1 Å². The Morgan fingerprint density at radius 2 is 1.62 bits per heavy atom. The number of thiophene rings is 1. The number of nitrogens with one attached hydrogen (secondary N) is 2. The van der Waals surface area contributed by atoms with Crippen molar-refractivity contribution in [2.45, 2.75) is 40.0 Å². The average Bonchev–Trinajstić information content (AvgIpc) is 2.99. The van der Waals surface area contributed by atoms with Gasteiger partial charge < -0.3 is 10.6 Å². The second-order valence-corrected chi connectivity index (χ2v) is 7.44. The summed E-state index contributed by atoms with van der Waals surface area (Å²) >= 11 is 1.65. The molecule has 0 saturated carbocycles. The summed E-state index contributed by atoms with van der Waals surface area (Å²) in [5, 5.41) is 6.93. The summed E-state index contributed by atoms with van der Waals surface area (Å²) in [6, 6.07) is 10.2. The topological polar surface area (TPSA) is 58.2 Å². The normalized spacial score (nSPS) is 11.5. The SMILES string of the molecule is CCCNC(=O)C(C)(Cc1cc2ccccc2s1)C(=O)NCCC. The van der Waals surface area contributed by atoms with Crippen molar-refractivity contribution in [3.05, 3.63) is 35.2 Å². The first-order chi connectivity index (χ1) is 11.5. The third kappa shape index (κ3) is 4.15. The van der Waals surface area contributed by atoms with Gasteiger partial charge in [0.15, 0.2) is 0 Å². The minimum Gasteiger partial charge on any atom is -0.355 e. The quantitative estimate of drug-likeness (QED) is 0.719. The Hall–Kier alpha value is -1.88. The second-order valence-electron chi connectivity index (χ2n) is 6.27. The molecule has 0 atom stereocenters. The first kappa shape index (κ1) is 18.5. The van der Waals surface area contributed by atoms with Crippen molar-refractivity contribution in [2.24, 2.45) is 5.41 Å². The summed E-state index contributed by atoms with van der Waals surface area (Å²) in [7, 11) is 0. The van der Waals surface area contributed by atoms with Crippen LogP contribution in [0, 0.1) is 5.41 Å². The van der Waals surface area contributed by atoms with Crippen LogP contribution in [0.5, 0.6) is 0 Å². The Morgan fingerprint density at radius 3 is 2.17 bits per heavy atom. The first-order valence-corrected chi connectivity index (χ1v) is 9.37. The number of carbonyl (C=O) groups excluding carboxylic acids is 2. The van der Waals surface area contributed by atoms with E-state index in [9.17, 15) is 9.59 Å². The molecule has 0 spiro atoms. The smallest absolute Gasteiger partial charge is 0.235 e. The lowest BCUT2D eigenvalue weighted by Crippen LogP contribution is -2.51. The molecule has 0 aliphatic heterocycles. The summed E-state index contributed by atoms with van der Waals surface area (Å²) < 4.78 is 1.18. The molecule has 0 saturated heterocycles. The third-order valence-corrected chi connectivity index (χ3v) is 5.19. The van der Waals surface area contributed by atoms with Crippen LogP contribution in [-0.4, -0.2) is 24.9 Å². The molecular formula is C19H26N2O2S. The van der Waals surface area contributed by atoms with E-state index in [1.807, 2.05) is 26.0 Å². The van der Waals surface area contributed by atoms with Gasteiger partial charge in [0.1, 0.15) is 5.41 Å². The maximum atomic E-state index is 12.7.